The predicted octanol–water partition coefficient (Wildman–Crippen LogP) is 1.00. The molecule has 0 radical (unpaired) electrons. The van der Waals surface area contributed by atoms with Gasteiger partial charge in [0.2, 0.25) is 5.91 Å². The standard InChI is InChI=1S/C11H15NO4S/c1-2-11(13)12-8-7-9-3-5-10(6-4-9)17(14,15)16/h3-6H,2,7-8H2,1H3,(H,12,13)(H,14,15,16). The minimum Gasteiger partial charge on any atom is -0.356 e. The second-order valence-electron chi connectivity index (χ2n) is 3.57. The third-order valence-corrected chi connectivity index (χ3v) is 3.15. The van der Waals surface area contributed by atoms with E-state index >= 15 is 0 Å². The minimum absolute atomic E-state index is 0.0143. The first-order valence-corrected chi connectivity index (χ1v) is 6.70. The Bertz CT molecular complexity index is 479. The molecule has 0 atom stereocenters. The molecule has 1 amide bonds. The van der Waals surface area contributed by atoms with Crippen molar-refractivity contribution in [3.8, 4) is 0 Å². The van der Waals surface area contributed by atoms with E-state index in [-0.39, 0.29) is 10.8 Å². The van der Waals surface area contributed by atoms with E-state index in [2.05, 4.69) is 5.32 Å². The second kappa shape index (κ2) is 5.79. The smallest absolute Gasteiger partial charge is 0.294 e. The van der Waals surface area contributed by atoms with Crippen molar-refractivity contribution in [2.24, 2.45) is 0 Å². The fraction of sp³-hybridized carbons (Fsp3) is 0.364. The van der Waals surface area contributed by atoms with Gasteiger partial charge in [-0.25, -0.2) is 0 Å². The summed E-state index contributed by atoms with van der Waals surface area (Å²) in [6.07, 6.45) is 1.07. The molecule has 17 heavy (non-hydrogen) atoms. The van der Waals surface area contributed by atoms with Crippen LogP contribution in [0.1, 0.15) is 18.9 Å². The summed E-state index contributed by atoms with van der Waals surface area (Å²) in [5.74, 6) is -0.0143. The van der Waals surface area contributed by atoms with Crippen molar-refractivity contribution < 1.29 is 17.8 Å². The van der Waals surface area contributed by atoms with E-state index in [0.29, 0.717) is 19.4 Å². The third kappa shape index (κ3) is 4.54. The van der Waals surface area contributed by atoms with E-state index in [1.807, 2.05) is 0 Å². The van der Waals surface area contributed by atoms with Crippen LogP contribution in [0.3, 0.4) is 0 Å². The van der Waals surface area contributed by atoms with Crippen molar-refractivity contribution in [3.05, 3.63) is 29.8 Å². The molecular formula is C11H15NO4S. The van der Waals surface area contributed by atoms with Crippen LogP contribution in [0.5, 0.6) is 0 Å². The molecule has 6 heteroatoms. The number of nitrogens with one attached hydrogen (secondary N) is 1. The maximum absolute atomic E-state index is 11.0. The molecule has 5 nitrogen and oxygen atoms in total. The lowest BCUT2D eigenvalue weighted by atomic mass is 10.1. The Morgan fingerprint density at radius 2 is 1.88 bits per heavy atom. The third-order valence-electron chi connectivity index (χ3n) is 2.28. The molecule has 0 saturated heterocycles. The highest BCUT2D eigenvalue weighted by Gasteiger charge is 2.08. The Balaban J connectivity index is 2.55. The minimum atomic E-state index is -4.13. The molecule has 1 aromatic carbocycles. The zero-order chi connectivity index (χ0) is 12.9. The Hall–Kier alpha value is -1.40. The summed E-state index contributed by atoms with van der Waals surface area (Å²) >= 11 is 0. The largest absolute Gasteiger partial charge is 0.356 e. The molecule has 0 aliphatic heterocycles. The predicted molar refractivity (Wildman–Crippen MR) is 63.3 cm³/mol. The quantitative estimate of drug-likeness (QED) is 0.771. The van der Waals surface area contributed by atoms with Crippen molar-refractivity contribution in [2.45, 2.75) is 24.7 Å². The van der Waals surface area contributed by atoms with Gasteiger partial charge in [-0.05, 0) is 24.1 Å². The van der Waals surface area contributed by atoms with Gasteiger partial charge in [-0.15, -0.1) is 0 Å². The van der Waals surface area contributed by atoms with Crippen molar-refractivity contribution >= 4 is 16.0 Å². The summed E-state index contributed by atoms with van der Waals surface area (Å²) in [7, 11) is -4.13. The fourth-order valence-electron chi connectivity index (χ4n) is 1.30. The zero-order valence-electron chi connectivity index (χ0n) is 9.51. The van der Waals surface area contributed by atoms with Crippen LogP contribution in [-0.4, -0.2) is 25.4 Å². The van der Waals surface area contributed by atoms with Gasteiger partial charge in [-0.2, -0.15) is 8.42 Å². The average Bonchev–Trinajstić information content (AvgIpc) is 2.28. The molecule has 0 saturated carbocycles. The van der Waals surface area contributed by atoms with Crippen molar-refractivity contribution in [3.63, 3.8) is 0 Å². The van der Waals surface area contributed by atoms with E-state index in [1.54, 1.807) is 19.1 Å². The normalized spacial score (nSPS) is 11.2. The van der Waals surface area contributed by atoms with Gasteiger partial charge in [0.1, 0.15) is 0 Å². The molecule has 94 valence electrons. The number of rotatable bonds is 5. The van der Waals surface area contributed by atoms with Gasteiger partial charge in [-0.3, -0.25) is 9.35 Å². The monoisotopic (exact) mass is 257 g/mol. The molecule has 1 aromatic rings. The number of amides is 1. The topological polar surface area (TPSA) is 83.5 Å². The second-order valence-corrected chi connectivity index (χ2v) is 4.99. The molecule has 0 bridgehead atoms. The first kappa shape index (κ1) is 13.7. The first-order chi connectivity index (χ1) is 7.93. The van der Waals surface area contributed by atoms with Crippen LogP contribution in [0, 0.1) is 0 Å². The van der Waals surface area contributed by atoms with E-state index < -0.39 is 10.1 Å². The number of hydrogen-bond donors (Lipinski definition) is 2. The molecule has 2 N–H and O–H groups in total. The molecule has 0 aliphatic rings. The highest BCUT2D eigenvalue weighted by atomic mass is 32.2. The summed E-state index contributed by atoms with van der Waals surface area (Å²) in [6.45, 7) is 2.29. The van der Waals surface area contributed by atoms with Gasteiger partial charge in [-0.1, -0.05) is 19.1 Å². The van der Waals surface area contributed by atoms with Gasteiger partial charge in [0.15, 0.2) is 0 Å². The van der Waals surface area contributed by atoms with Gasteiger partial charge in [0.25, 0.3) is 10.1 Å². The molecule has 0 heterocycles. The molecule has 1 rings (SSSR count). The zero-order valence-corrected chi connectivity index (χ0v) is 10.3. The summed E-state index contributed by atoms with van der Waals surface area (Å²) < 4.78 is 30.3. The Kier molecular flexibility index (Phi) is 4.65. The van der Waals surface area contributed by atoms with Crippen LogP contribution in [0.25, 0.3) is 0 Å². The Labute approximate surface area is 101 Å². The van der Waals surface area contributed by atoms with Gasteiger partial charge in [0.05, 0.1) is 4.90 Å². The SMILES string of the molecule is CCC(=O)NCCc1ccc(S(=O)(=O)O)cc1. The summed E-state index contributed by atoms with van der Waals surface area (Å²) in [4.78, 5) is 10.8. The van der Waals surface area contributed by atoms with E-state index in [4.69, 9.17) is 4.55 Å². The molecular weight excluding hydrogens is 242 g/mol. The van der Waals surface area contributed by atoms with Crippen LogP contribution in [0.4, 0.5) is 0 Å². The van der Waals surface area contributed by atoms with Crippen molar-refractivity contribution in [1.29, 1.82) is 0 Å². The van der Waals surface area contributed by atoms with Crippen LogP contribution in [0.2, 0.25) is 0 Å². The Morgan fingerprint density at radius 3 is 2.35 bits per heavy atom. The van der Waals surface area contributed by atoms with Crippen molar-refractivity contribution in [2.75, 3.05) is 6.54 Å². The number of carbonyl (C=O) groups excluding carboxylic acids is 1. The summed E-state index contributed by atoms with van der Waals surface area (Å²) in [6, 6.07) is 5.90. The van der Waals surface area contributed by atoms with E-state index in [0.717, 1.165) is 5.56 Å². The maximum atomic E-state index is 11.0. The highest BCUT2D eigenvalue weighted by Crippen LogP contribution is 2.10. The van der Waals surface area contributed by atoms with Gasteiger partial charge >= 0.3 is 0 Å². The van der Waals surface area contributed by atoms with Gasteiger partial charge < -0.3 is 5.32 Å². The van der Waals surface area contributed by atoms with E-state index in [1.165, 1.54) is 12.1 Å². The lowest BCUT2D eigenvalue weighted by Crippen LogP contribution is -2.24. The molecule has 0 fully saturated rings. The van der Waals surface area contributed by atoms with Gasteiger partial charge in [0, 0.05) is 13.0 Å². The summed E-state index contributed by atoms with van der Waals surface area (Å²) in [5.41, 5.74) is 0.897. The number of benzene rings is 1. The number of hydrogen-bond acceptors (Lipinski definition) is 3. The fourth-order valence-corrected chi connectivity index (χ4v) is 1.78. The van der Waals surface area contributed by atoms with E-state index in [9.17, 15) is 13.2 Å². The lowest BCUT2D eigenvalue weighted by Gasteiger charge is -2.04. The average molecular weight is 257 g/mol. The Morgan fingerprint density at radius 1 is 1.29 bits per heavy atom. The molecule has 0 spiro atoms. The van der Waals surface area contributed by atoms with Crippen LogP contribution >= 0.6 is 0 Å². The molecule has 0 aromatic heterocycles. The molecule has 0 aliphatic carbocycles. The number of carbonyl (C=O) groups is 1. The van der Waals surface area contributed by atoms with Crippen LogP contribution < -0.4 is 5.32 Å². The summed E-state index contributed by atoms with van der Waals surface area (Å²) in [5, 5.41) is 2.72. The lowest BCUT2D eigenvalue weighted by molar-refractivity contribution is -0.120. The van der Waals surface area contributed by atoms with Crippen LogP contribution in [0.15, 0.2) is 29.2 Å². The maximum Gasteiger partial charge on any atom is 0.294 e. The van der Waals surface area contributed by atoms with Crippen molar-refractivity contribution in [1.82, 2.24) is 5.32 Å². The van der Waals surface area contributed by atoms with Crippen LogP contribution in [-0.2, 0) is 21.3 Å². The molecule has 0 unspecified atom stereocenters. The highest BCUT2D eigenvalue weighted by molar-refractivity contribution is 7.85. The first-order valence-electron chi connectivity index (χ1n) is 5.26.